The van der Waals surface area contributed by atoms with Gasteiger partial charge in [0.2, 0.25) is 5.91 Å². The van der Waals surface area contributed by atoms with Crippen LogP contribution in [-0.4, -0.2) is 29.9 Å². The lowest BCUT2D eigenvalue weighted by Crippen LogP contribution is -2.28. The summed E-state index contributed by atoms with van der Waals surface area (Å²) in [6.07, 6.45) is 0.663. The Morgan fingerprint density at radius 2 is 1.92 bits per heavy atom. The molecule has 3 aromatic rings. The summed E-state index contributed by atoms with van der Waals surface area (Å²) in [6, 6.07) is 11.2. The normalized spacial score (nSPS) is 10.7. The number of rotatable bonds is 6. The summed E-state index contributed by atoms with van der Waals surface area (Å²) in [5, 5.41) is 6.19. The van der Waals surface area contributed by atoms with Gasteiger partial charge in [0.15, 0.2) is 16.5 Å². The minimum absolute atomic E-state index is 0.0761. The third-order valence-electron chi connectivity index (χ3n) is 3.35. The smallest absolute Gasteiger partial charge is 0.287 e. The van der Waals surface area contributed by atoms with Gasteiger partial charge in [-0.3, -0.25) is 9.59 Å². The summed E-state index contributed by atoms with van der Waals surface area (Å²) in [5.74, 6) is 0.487. The maximum absolute atomic E-state index is 12.0. The quantitative estimate of drug-likeness (QED) is 0.674. The standard InChI is InChI=1S/C17H17N3O3S/c1-11(21)18-9-4-10-19-16(22)13-7-8-14(23-13)17-20-12-5-2-3-6-15(12)24-17/h2-3,5-8H,4,9-10H2,1H3,(H,18,21)(H,19,22). The third-order valence-corrected chi connectivity index (χ3v) is 4.40. The van der Waals surface area contributed by atoms with Gasteiger partial charge < -0.3 is 15.1 Å². The molecule has 0 saturated carbocycles. The second-order valence-electron chi connectivity index (χ2n) is 5.24. The van der Waals surface area contributed by atoms with Gasteiger partial charge in [-0.25, -0.2) is 4.98 Å². The Morgan fingerprint density at radius 1 is 1.12 bits per heavy atom. The summed E-state index contributed by atoms with van der Waals surface area (Å²) in [4.78, 5) is 27.3. The number of benzene rings is 1. The van der Waals surface area contributed by atoms with E-state index in [0.29, 0.717) is 25.3 Å². The zero-order valence-corrected chi connectivity index (χ0v) is 14.0. The van der Waals surface area contributed by atoms with E-state index in [-0.39, 0.29) is 17.6 Å². The largest absolute Gasteiger partial charge is 0.448 e. The van der Waals surface area contributed by atoms with Gasteiger partial charge in [-0.15, -0.1) is 11.3 Å². The predicted molar refractivity (Wildman–Crippen MR) is 93.0 cm³/mol. The Labute approximate surface area is 142 Å². The van der Waals surface area contributed by atoms with Gasteiger partial charge >= 0.3 is 0 Å². The summed E-state index contributed by atoms with van der Waals surface area (Å²) in [5.41, 5.74) is 0.915. The van der Waals surface area contributed by atoms with Crippen molar-refractivity contribution in [3.63, 3.8) is 0 Å². The molecule has 1 aromatic carbocycles. The van der Waals surface area contributed by atoms with Crippen LogP contribution in [0.25, 0.3) is 21.0 Å². The number of aromatic nitrogens is 1. The van der Waals surface area contributed by atoms with E-state index in [4.69, 9.17) is 4.42 Å². The SMILES string of the molecule is CC(=O)NCCCNC(=O)c1ccc(-c2nc3ccccc3s2)o1. The number of para-hydroxylation sites is 1. The van der Waals surface area contributed by atoms with Crippen LogP contribution in [0, 0.1) is 0 Å². The van der Waals surface area contributed by atoms with Gasteiger partial charge in [0.1, 0.15) is 0 Å². The van der Waals surface area contributed by atoms with Crippen molar-refractivity contribution in [1.29, 1.82) is 0 Å². The second kappa shape index (κ2) is 7.27. The van der Waals surface area contributed by atoms with E-state index in [0.717, 1.165) is 15.2 Å². The Morgan fingerprint density at radius 3 is 2.71 bits per heavy atom. The topological polar surface area (TPSA) is 84.2 Å². The molecule has 6 nitrogen and oxygen atoms in total. The monoisotopic (exact) mass is 343 g/mol. The molecule has 2 N–H and O–H groups in total. The lowest BCUT2D eigenvalue weighted by atomic mass is 10.3. The molecule has 2 amide bonds. The Balaban J connectivity index is 1.60. The van der Waals surface area contributed by atoms with Crippen LogP contribution in [0.5, 0.6) is 0 Å². The molecule has 0 fully saturated rings. The van der Waals surface area contributed by atoms with Crippen LogP contribution in [0.2, 0.25) is 0 Å². The van der Waals surface area contributed by atoms with Gasteiger partial charge in [-0.2, -0.15) is 0 Å². The first-order valence-corrected chi connectivity index (χ1v) is 8.43. The van der Waals surface area contributed by atoms with Crippen LogP contribution >= 0.6 is 11.3 Å². The number of furan rings is 1. The van der Waals surface area contributed by atoms with Crippen molar-refractivity contribution in [3.05, 3.63) is 42.2 Å². The van der Waals surface area contributed by atoms with Crippen molar-refractivity contribution < 1.29 is 14.0 Å². The summed E-state index contributed by atoms with van der Waals surface area (Å²) >= 11 is 1.53. The average molecular weight is 343 g/mol. The fourth-order valence-corrected chi connectivity index (χ4v) is 3.12. The van der Waals surface area contributed by atoms with E-state index in [1.165, 1.54) is 18.3 Å². The molecule has 124 valence electrons. The highest BCUT2D eigenvalue weighted by molar-refractivity contribution is 7.21. The molecule has 0 aliphatic heterocycles. The molecular weight excluding hydrogens is 326 g/mol. The molecule has 0 aliphatic rings. The van der Waals surface area contributed by atoms with Crippen LogP contribution in [0.3, 0.4) is 0 Å². The van der Waals surface area contributed by atoms with Crippen LogP contribution in [-0.2, 0) is 4.79 Å². The fourth-order valence-electron chi connectivity index (χ4n) is 2.19. The highest BCUT2D eigenvalue weighted by Gasteiger charge is 2.14. The Bertz CT molecular complexity index is 836. The van der Waals surface area contributed by atoms with Crippen molar-refractivity contribution >= 4 is 33.4 Å². The first-order valence-electron chi connectivity index (χ1n) is 7.62. The zero-order chi connectivity index (χ0) is 16.9. The first-order chi connectivity index (χ1) is 11.6. The van der Waals surface area contributed by atoms with Crippen molar-refractivity contribution in [2.24, 2.45) is 0 Å². The summed E-state index contributed by atoms with van der Waals surface area (Å²) < 4.78 is 6.70. The average Bonchev–Trinajstić information content (AvgIpc) is 3.20. The summed E-state index contributed by atoms with van der Waals surface area (Å²) in [7, 11) is 0. The molecule has 0 atom stereocenters. The van der Waals surface area contributed by atoms with Crippen molar-refractivity contribution in [1.82, 2.24) is 15.6 Å². The van der Waals surface area contributed by atoms with E-state index < -0.39 is 0 Å². The molecule has 2 heterocycles. The first kappa shape index (κ1) is 16.2. The number of hydrogen-bond donors (Lipinski definition) is 2. The molecule has 0 radical (unpaired) electrons. The van der Waals surface area contributed by atoms with Crippen molar-refractivity contribution in [3.8, 4) is 10.8 Å². The van der Waals surface area contributed by atoms with E-state index >= 15 is 0 Å². The number of nitrogens with zero attached hydrogens (tertiary/aromatic N) is 1. The minimum Gasteiger partial charge on any atom is -0.448 e. The van der Waals surface area contributed by atoms with E-state index in [9.17, 15) is 9.59 Å². The van der Waals surface area contributed by atoms with Gasteiger partial charge in [0.05, 0.1) is 10.2 Å². The molecule has 0 saturated heterocycles. The highest BCUT2D eigenvalue weighted by atomic mass is 32.1. The lowest BCUT2D eigenvalue weighted by molar-refractivity contribution is -0.118. The van der Waals surface area contributed by atoms with Crippen LogP contribution in [0.1, 0.15) is 23.9 Å². The number of carbonyl (C=O) groups excluding carboxylic acids is 2. The molecule has 2 aromatic heterocycles. The van der Waals surface area contributed by atoms with E-state index in [1.807, 2.05) is 24.3 Å². The maximum atomic E-state index is 12.0. The lowest BCUT2D eigenvalue weighted by Gasteiger charge is -2.03. The molecule has 0 spiro atoms. The number of thiazole rings is 1. The number of nitrogens with one attached hydrogen (secondary N) is 2. The summed E-state index contributed by atoms with van der Waals surface area (Å²) in [6.45, 7) is 2.46. The molecular formula is C17H17N3O3S. The number of fused-ring (bicyclic) bond motifs is 1. The number of amides is 2. The third kappa shape index (κ3) is 3.80. The fraction of sp³-hybridized carbons (Fsp3) is 0.235. The highest BCUT2D eigenvalue weighted by Crippen LogP contribution is 2.30. The molecule has 0 bridgehead atoms. The molecule has 7 heteroatoms. The number of carbonyl (C=O) groups is 2. The Kier molecular flexibility index (Phi) is 4.90. The predicted octanol–water partition coefficient (Wildman–Crippen LogP) is 2.81. The molecule has 0 unspecified atom stereocenters. The maximum Gasteiger partial charge on any atom is 0.287 e. The molecule has 24 heavy (non-hydrogen) atoms. The van der Waals surface area contributed by atoms with Gasteiger partial charge in [0.25, 0.3) is 5.91 Å². The van der Waals surface area contributed by atoms with Gasteiger partial charge in [-0.05, 0) is 30.7 Å². The number of hydrogen-bond acceptors (Lipinski definition) is 5. The van der Waals surface area contributed by atoms with Crippen LogP contribution in [0.4, 0.5) is 0 Å². The van der Waals surface area contributed by atoms with Crippen LogP contribution < -0.4 is 10.6 Å². The molecule has 3 rings (SSSR count). The van der Waals surface area contributed by atoms with Crippen LogP contribution in [0.15, 0.2) is 40.8 Å². The minimum atomic E-state index is -0.273. The van der Waals surface area contributed by atoms with E-state index in [1.54, 1.807) is 12.1 Å². The second-order valence-corrected chi connectivity index (χ2v) is 6.27. The zero-order valence-electron chi connectivity index (χ0n) is 13.2. The van der Waals surface area contributed by atoms with Crippen molar-refractivity contribution in [2.75, 3.05) is 13.1 Å². The van der Waals surface area contributed by atoms with E-state index in [2.05, 4.69) is 15.6 Å². The Hall–Kier alpha value is -2.67. The van der Waals surface area contributed by atoms with Gasteiger partial charge in [-0.1, -0.05) is 12.1 Å². The molecule has 0 aliphatic carbocycles. The van der Waals surface area contributed by atoms with Crippen molar-refractivity contribution in [2.45, 2.75) is 13.3 Å². The van der Waals surface area contributed by atoms with Gasteiger partial charge in [0, 0.05) is 20.0 Å².